The van der Waals surface area contributed by atoms with Crippen molar-refractivity contribution in [3.8, 4) is 11.5 Å². The molecule has 3 rings (SSSR count). The number of nitrogens with one attached hydrogen (secondary N) is 1. The molecule has 238 valence electrons. The number of hydrogen-bond donors (Lipinski definition) is 1. The molecule has 2 amide bonds. The number of amides is 2. The fraction of sp³-hybridized carbons (Fsp3) is 0.355. The number of carbonyl (C=O) groups excluding carboxylic acids is 2. The van der Waals surface area contributed by atoms with Crippen LogP contribution in [-0.2, 0) is 26.2 Å². The van der Waals surface area contributed by atoms with Gasteiger partial charge in [-0.3, -0.25) is 13.9 Å². The number of anilines is 1. The number of benzene rings is 3. The highest BCUT2D eigenvalue weighted by Crippen LogP contribution is 2.33. The molecule has 3 aromatic rings. The largest absolute Gasteiger partial charge is 0.493 e. The van der Waals surface area contributed by atoms with Gasteiger partial charge in [0.15, 0.2) is 11.5 Å². The second-order valence-corrected chi connectivity index (χ2v) is 14.1. The average Bonchev–Trinajstić information content (AvgIpc) is 2.95. The van der Waals surface area contributed by atoms with Crippen LogP contribution in [0.2, 0.25) is 15.1 Å². The van der Waals surface area contributed by atoms with E-state index in [0.717, 1.165) is 4.31 Å². The summed E-state index contributed by atoms with van der Waals surface area (Å²) in [6, 6.07) is 14.1. The third-order valence-electron chi connectivity index (χ3n) is 6.58. The number of methoxy groups -OCH3 is 2. The lowest BCUT2D eigenvalue weighted by molar-refractivity contribution is -0.141. The van der Waals surface area contributed by atoms with Gasteiger partial charge in [0.2, 0.25) is 11.8 Å². The van der Waals surface area contributed by atoms with Crippen molar-refractivity contribution in [1.29, 1.82) is 0 Å². The van der Waals surface area contributed by atoms with Crippen molar-refractivity contribution >= 4 is 62.3 Å². The molecule has 1 unspecified atom stereocenters. The lowest BCUT2D eigenvalue weighted by Gasteiger charge is -2.35. The number of nitrogens with zero attached hydrogens (tertiary/aromatic N) is 2. The summed E-state index contributed by atoms with van der Waals surface area (Å²) in [7, 11) is -1.53. The van der Waals surface area contributed by atoms with E-state index >= 15 is 0 Å². The molecule has 0 spiro atoms. The van der Waals surface area contributed by atoms with E-state index in [0.29, 0.717) is 26.4 Å². The van der Waals surface area contributed by atoms with Crippen LogP contribution in [0, 0.1) is 0 Å². The maximum atomic E-state index is 14.2. The molecule has 44 heavy (non-hydrogen) atoms. The van der Waals surface area contributed by atoms with E-state index in [1.165, 1.54) is 61.6 Å². The van der Waals surface area contributed by atoms with Crippen LogP contribution < -0.4 is 19.1 Å². The standard InChI is InChI=1S/C31H36Cl3N3O6S/c1-7-26(30(39)35-31(2,3)4)36(18-20-8-9-22(33)16-25(20)34)29(38)19-37(23-12-10-21(32)11-13-23)44(40,41)24-14-15-27(42-5)28(17-24)43-6/h8-17,26H,7,18-19H2,1-6H3,(H,35,39). The van der Waals surface area contributed by atoms with Gasteiger partial charge in [0.05, 0.1) is 24.8 Å². The minimum absolute atomic E-state index is 0.0736. The molecule has 0 fully saturated rings. The number of carbonyl (C=O) groups is 2. The van der Waals surface area contributed by atoms with Crippen LogP contribution in [0.5, 0.6) is 11.5 Å². The molecule has 0 bridgehead atoms. The summed E-state index contributed by atoms with van der Waals surface area (Å²) in [5, 5.41) is 4.01. The fourth-order valence-electron chi connectivity index (χ4n) is 4.45. The van der Waals surface area contributed by atoms with Crippen molar-refractivity contribution < 1.29 is 27.5 Å². The fourth-order valence-corrected chi connectivity index (χ4v) is 6.47. The molecule has 0 aliphatic rings. The monoisotopic (exact) mass is 683 g/mol. The van der Waals surface area contributed by atoms with Crippen LogP contribution >= 0.6 is 34.8 Å². The number of halogens is 3. The Morgan fingerprint density at radius 1 is 0.886 bits per heavy atom. The molecule has 1 N–H and O–H groups in total. The van der Waals surface area contributed by atoms with Crippen LogP contribution in [0.3, 0.4) is 0 Å². The van der Waals surface area contributed by atoms with Gasteiger partial charge in [-0.05, 0) is 81.3 Å². The van der Waals surface area contributed by atoms with Gasteiger partial charge in [-0.15, -0.1) is 0 Å². The van der Waals surface area contributed by atoms with E-state index in [2.05, 4.69) is 5.32 Å². The Morgan fingerprint density at radius 3 is 2.05 bits per heavy atom. The van der Waals surface area contributed by atoms with Gasteiger partial charge in [-0.25, -0.2) is 8.42 Å². The molecule has 1 atom stereocenters. The molecule has 0 heterocycles. The summed E-state index contributed by atoms with van der Waals surface area (Å²) in [4.78, 5) is 28.9. The zero-order valence-corrected chi connectivity index (χ0v) is 28.4. The lowest BCUT2D eigenvalue weighted by atomic mass is 10.1. The normalized spacial score (nSPS) is 12.3. The Kier molecular flexibility index (Phi) is 11.8. The van der Waals surface area contributed by atoms with E-state index in [1.54, 1.807) is 25.1 Å². The molecule has 9 nitrogen and oxygen atoms in total. The molecule has 0 saturated carbocycles. The Balaban J connectivity index is 2.13. The summed E-state index contributed by atoms with van der Waals surface area (Å²) in [5.74, 6) is -0.493. The zero-order chi connectivity index (χ0) is 32.8. The highest BCUT2D eigenvalue weighted by Gasteiger charge is 2.35. The number of rotatable bonds is 12. The van der Waals surface area contributed by atoms with Crippen molar-refractivity contribution in [2.45, 2.75) is 57.1 Å². The van der Waals surface area contributed by atoms with Crippen molar-refractivity contribution in [2.24, 2.45) is 0 Å². The van der Waals surface area contributed by atoms with E-state index in [-0.39, 0.29) is 35.2 Å². The topological polar surface area (TPSA) is 105 Å². The third-order valence-corrected chi connectivity index (χ3v) is 9.19. The highest BCUT2D eigenvalue weighted by molar-refractivity contribution is 7.92. The first-order chi connectivity index (χ1) is 20.6. The maximum Gasteiger partial charge on any atom is 0.264 e. The van der Waals surface area contributed by atoms with Crippen molar-refractivity contribution in [1.82, 2.24) is 10.2 Å². The number of hydrogen-bond acceptors (Lipinski definition) is 6. The first-order valence-electron chi connectivity index (χ1n) is 13.7. The SMILES string of the molecule is CCC(C(=O)NC(C)(C)C)N(Cc1ccc(Cl)cc1Cl)C(=O)CN(c1ccc(Cl)cc1)S(=O)(=O)c1ccc(OC)c(OC)c1. The third kappa shape index (κ3) is 8.72. The van der Waals surface area contributed by atoms with Gasteiger partial charge >= 0.3 is 0 Å². The van der Waals surface area contributed by atoms with Crippen LogP contribution in [0.25, 0.3) is 0 Å². The molecule has 3 aromatic carbocycles. The minimum Gasteiger partial charge on any atom is -0.493 e. The van der Waals surface area contributed by atoms with Gasteiger partial charge in [-0.1, -0.05) is 47.8 Å². The number of sulfonamides is 1. The molecule has 0 aliphatic heterocycles. The summed E-state index contributed by atoms with van der Waals surface area (Å²) in [5.41, 5.74) is 0.143. The predicted molar refractivity (Wildman–Crippen MR) is 175 cm³/mol. The average molecular weight is 685 g/mol. The smallest absolute Gasteiger partial charge is 0.264 e. The molecular weight excluding hydrogens is 649 g/mol. The van der Waals surface area contributed by atoms with Gasteiger partial charge in [0, 0.05) is 33.2 Å². The van der Waals surface area contributed by atoms with Crippen molar-refractivity contribution in [3.63, 3.8) is 0 Å². The van der Waals surface area contributed by atoms with Gasteiger partial charge in [-0.2, -0.15) is 0 Å². The molecular formula is C31H36Cl3N3O6S. The van der Waals surface area contributed by atoms with Gasteiger partial charge in [0.25, 0.3) is 10.0 Å². The quantitative estimate of drug-likeness (QED) is 0.231. The Bertz CT molecular complexity index is 1590. The summed E-state index contributed by atoms with van der Waals surface area (Å²) in [6.45, 7) is 6.56. The van der Waals surface area contributed by atoms with Crippen molar-refractivity contribution in [2.75, 3.05) is 25.1 Å². The number of ether oxygens (including phenoxy) is 2. The van der Waals surface area contributed by atoms with Crippen LogP contribution in [0.1, 0.15) is 39.7 Å². The Morgan fingerprint density at radius 2 is 1.50 bits per heavy atom. The van der Waals surface area contributed by atoms with E-state index in [9.17, 15) is 18.0 Å². The first-order valence-corrected chi connectivity index (χ1v) is 16.2. The summed E-state index contributed by atoms with van der Waals surface area (Å²) < 4.78 is 39.9. The van der Waals surface area contributed by atoms with E-state index in [4.69, 9.17) is 44.3 Å². The Labute approximate surface area is 274 Å². The second-order valence-electron chi connectivity index (χ2n) is 10.9. The second kappa shape index (κ2) is 14.7. The van der Waals surface area contributed by atoms with E-state index in [1.807, 2.05) is 20.8 Å². The van der Waals surface area contributed by atoms with E-state index < -0.39 is 34.1 Å². The van der Waals surface area contributed by atoms with Gasteiger partial charge in [0.1, 0.15) is 12.6 Å². The van der Waals surface area contributed by atoms with Crippen molar-refractivity contribution in [3.05, 3.63) is 81.3 Å². The lowest BCUT2D eigenvalue weighted by Crippen LogP contribution is -2.55. The summed E-state index contributed by atoms with van der Waals surface area (Å²) >= 11 is 18.7. The maximum absolute atomic E-state index is 14.2. The molecule has 0 radical (unpaired) electrons. The first kappa shape index (κ1) is 35.3. The molecule has 0 saturated heterocycles. The zero-order valence-electron chi connectivity index (χ0n) is 25.4. The minimum atomic E-state index is -4.36. The Hall–Kier alpha value is -3.18. The molecule has 0 aliphatic carbocycles. The van der Waals surface area contributed by atoms with Crippen LogP contribution in [0.4, 0.5) is 5.69 Å². The summed E-state index contributed by atoms with van der Waals surface area (Å²) in [6.07, 6.45) is 0.252. The van der Waals surface area contributed by atoms with Crippen LogP contribution in [0.15, 0.2) is 65.6 Å². The van der Waals surface area contributed by atoms with Gasteiger partial charge < -0.3 is 19.7 Å². The molecule has 13 heteroatoms. The molecule has 0 aromatic heterocycles. The predicted octanol–water partition coefficient (Wildman–Crippen LogP) is 6.58. The van der Waals surface area contributed by atoms with Crippen LogP contribution in [-0.4, -0.2) is 57.5 Å². The highest BCUT2D eigenvalue weighted by atomic mass is 35.5.